The Bertz CT molecular complexity index is 1910. The molecule has 8 bridgehead atoms. The highest BCUT2D eigenvalue weighted by molar-refractivity contribution is 5.89. The second kappa shape index (κ2) is 10.0. The van der Waals surface area contributed by atoms with Gasteiger partial charge in [-0.25, -0.2) is 0 Å². The highest BCUT2D eigenvalue weighted by Crippen LogP contribution is 2.69. The molecule has 0 heterocycles. The van der Waals surface area contributed by atoms with E-state index in [1.165, 1.54) is 122 Å². The van der Waals surface area contributed by atoms with Crippen molar-refractivity contribution >= 4 is 0 Å². The summed E-state index contributed by atoms with van der Waals surface area (Å²) in [5, 5.41) is 0. The van der Waals surface area contributed by atoms with Crippen LogP contribution >= 0.6 is 0 Å². The van der Waals surface area contributed by atoms with Crippen LogP contribution in [0.1, 0.15) is 133 Å². The van der Waals surface area contributed by atoms with E-state index in [1.54, 1.807) is 11.1 Å². The summed E-state index contributed by atoms with van der Waals surface area (Å²) in [6.45, 7) is 9.29. The molecule has 0 saturated heterocycles. The summed E-state index contributed by atoms with van der Waals surface area (Å²) in [5.41, 5.74) is 19.0. The summed E-state index contributed by atoms with van der Waals surface area (Å²) < 4.78 is 0. The van der Waals surface area contributed by atoms with E-state index >= 15 is 0 Å². The minimum Gasteiger partial charge on any atom is -0.0619 e. The fourth-order valence-electron chi connectivity index (χ4n) is 15.0. The number of benzene rings is 4. The summed E-state index contributed by atoms with van der Waals surface area (Å²) in [6, 6.07) is 30.2. The van der Waals surface area contributed by atoms with Gasteiger partial charge < -0.3 is 0 Å². The van der Waals surface area contributed by atoms with Crippen LogP contribution in [0.25, 0.3) is 11.1 Å². The molecule has 0 nitrogen and oxygen atoms in total. The molecule has 9 aliphatic carbocycles. The lowest BCUT2D eigenvalue weighted by atomic mass is 9.43. The van der Waals surface area contributed by atoms with Crippen LogP contribution < -0.4 is 0 Å². The van der Waals surface area contributed by atoms with Crippen molar-refractivity contribution in [1.29, 1.82) is 0 Å². The first kappa shape index (κ1) is 29.6. The molecular formula is C49H54. The van der Waals surface area contributed by atoms with E-state index in [2.05, 4.69) is 100 Å². The van der Waals surface area contributed by atoms with Gasteiger partial charge >= 0.3 is 0 Å². The van der Waals surface area contributed by atoms with E-state index in [9.17, 15) is 0 Å². The molecule has 0 spiro atoms. The maximum absolute atomic E-state index is 2.77. The van der Waals surface area contributed by atoms with E-state index in [4.69, 9.17) is 0 Å². The van der Waals surface area contributed by atoms with E-state index in [-0.39, 0.29) is 5.41 Å². The number of fused-ring (bicyclic) bond motifs is 3. The standard InChI is InChI=1S/C49H54/c1-29-9-11-39(15-31(29)3)49(40-12-10-30(2)32(4)16-40)43-8-6-5-7-41(43)42-13-14-44(47-23-33-17-34(24-47)19-35(18-33)25-47)46(45(42)49)48-26-36-20-37(27-48)22-38(21-36)28-48/h5-16,33-38H,17-28H2,1-4H3. The van der Waals surface area contributed by atoms with E-state index in [1.807, 2.05) is 11.1 Å². The third-order valence-corrected chi connectivity index (χ3v) is 16.3. The lowest BCUT2D eigenvalue weighted by Crippen LogP contribution is -2.53. The Hall–Kier alpha value is -3.12. The second-order valence-corrected chi connectivity index (χ2v) is 19.2. The van der Waals surface area contributed by atoms with Crippen molar-refractivity contribution in [1.82, 2.24) is 0 Å². The highest BCUT2D eigenvalue weighted by atomic mass is 14.6. The third kappa shape index (κ3) is 3.93. The van der Waals surface area contributed by atoms with Gasteiger partial charge in [-0.2, -0.15) is 0 Å². The zero-order chi connectivity index (χ0) is 32.9. The predicted molar refractivity (Wildman–Crippen MR) is 202 cm³/mol. The van der Waals surface area contributed by atoms with Crippen molar-refractivity contribution in [2.24, 2.45) is 35.5 Å². The summed E-state index contributed by atoms with van der Waals surface area (Å²) in [4.78, 5) is 0. The first-order chi connectivity index (χ1) is 23.7. The molecule has 0 atom stereocenters. The lowest BCUT2D eigenvalue weighted by Gasteiger charge is -2.61. The van der Waals surface area contributed by atoms with Crippen LogP contribution in [-0.4, -0.2) is 0 Å². The molecule has 0 aromatic heterocycles. The van der Waals surface area contributed by atoms with Crippen LogP contribution in [0, 0.1) is 63.2 Å². The van der Waals surface area contributed by atoms with Gasteiger partial charge in [-0.05, 0) is 218 Å². The van der Waals surface area contributed by atoms with Crippen molar-refractivity contribution in [3.05, 3.63) is 128 Å². The Kier molecular flexibility index (Phi) is 6.05. The monoisotopic (exact) mass is 642 g/mol. The molecule has 13 rings (SSSR count). The molecule has 0 aliphatic heterocycles. The average Bonchev–Trinajstić information content (AvgIpc) is 3.37. The van der Waals surface area contributed by atoms with Crippen molar-refractivity contribution < 1.29 is 0 Å². The van der Waals surface area contributed by atoms with Crippen LogP contribution in [0.3, 0.4) is 0 Å². The normalized spacial score (nSPS) is 35.5. The van der Waals surface area contributed by atoms with Crippen LogP contribution in [-0.2, 0) is 16.2 Å². The lowest BCUT2D eigenvalue weighted by molar-refractivity contribution is -0.0178. The minimum atomic E-state index is -0.320. The molecule has 0 N–H and O–H groups in total. The summed E-state index contributed by atoms with van der Waals surface area (Å²) in [6.07, 6.45) is 17.7. The topological polar surface area (TPSA) is 0 Å². The third-order valence-electron chi connectivity index (χ3n) is 16.3. The molecule has 250 valence electrons. The molecule has 8 saturated carbocycles. The van der Waals surface area contributed by atoms with Crippen molar-refractivity contribution in [2.45, 2.75) is 121 Å². The van der Waals surface area contributed by atoms with Crippen molar-refractivity contribution in [3.8, 4) is 11.1 Å². The number of rotatable bonds is 4. The minimum absolute atomic E-state index is 0.311. The summed E-state index contributed by atoms with van der Waals surface area (Å²) in [7, 11) is 0. The second-order valence-electron chi connectivity index (χ2n) is 19.2. The number of hydrogen-bond acceptors (Lipinski definition) is 0. The van der Waals surface area contributed by atoms with Gasteiger partial charge in [0.05, 0.1) is 5.41 Å². The van der Waals surface area contributed by atoms with Gasteiger partial charge in [0.15, 0.2) is 0 Å². The first-order valence-corrected chi connectivity index (χ1v) is 20.2. The summed E-state index contributed by atoms with van der Waals surface area (Å²) in [5.74, 6) is 5.62. The van der Waals surface area contributed by atoms with Crippen LogP contribution in [0.2, 0.25) is 0 Å². The molecular weight excluding hydrogens is 589 g/mol. The van der Waals surface area contributed by atoms with Crippen molar-refractivity contribution in [3.63, 3.8) is 0 Å². The first-order valence-electron chi connectivity index (χ1n) is 20.2. The smallest absolute Gasteiger partial charge is 0.0619 e. The van der Waals surface area contributed by atoms with E-state index < -0.39 is 0 Å². The zero-order valence-electron chi connectivity index (χ0n) is 30.4. The predicted octanol–water partition coefficient (Wildman–Crippen LogP) is 12.2. The van der Waals surface area contributed by atoms with Gasteiger partial charge in [0, 0.05) is 0 Å². The van der Waals surface area contributed by atoms with Crippen LogP contribution in [0.5, 0.6) is 0 Å². The molecule has 4 aromatic carbocycles. The fourth-order valence-corrected chi connectivity index (χ4v) is 15.0. The molecule has 0 unspecified atom stereocenters. The fraction of sp³-hybridized carbons (Fsp3) is 0.510. The SMILES string of the molecule is Cc1ccc(C2(c3ccc(C)c(C)c3)c3ccccc3-c3ccc(C45CC6CC(CC(C6)C4)C5)c(C45CC6CC(CC(C6)C4)C5)c32)cc1C. The molecule has 4 aromatic rings. The molecule has 8 fully saturated rings. The maximum atomic E-state index is 2.77. The number of aryl methyl sites for hydroxylation is 4. The molecule has 0 amide bonds. The van der Waals surface area contributed by atoms with Crippen molar-refractivity contribution in [2.75, 3.05) is 0 Å². The van der Waals surface area contributed by atoms with Gasteiger partial charge in [-0.3, -0.25) is 0 Å². The molecule has 0 radical (unpaired) electrons. The number of hydrogen-bond donors (Lipinski definition) is 0. The molecule has 49 heavy (non-hydrogen) atoms. The average molecular weight is 643 g/mol. The Morgan fingerprint density at radius 2 is 0.878 bits per heavy atom. The Labute approximate surface area is 295 Å². The Morgan fingerprint density at radius 3 is 1.37 bits per heavy atom. The van der Waals surface area contributed by atoms with Crippen LogP contribution in [0.4, 0.5) is 0 Å². The maximum Gasteiger partial charge on any atom is 0.0716 e. The molecule has 9 aliphatic rings. The molecule has 0 heteroatoms. The Morgan fingerprint density at radius 1 is 0.408 bits per heavy atom. The van der Waals surface area contributed by atoms with Gasteiger partial charge in [-0.15, -0.1) is 0 Å². The largest absolute Gasteiger partial charge is 0.0716 e. The Balaban J connectivity index is 1.30. The van der Waals surface area contributed by atoms with Gasteiger partial charge in [0.25, 0.3) is 0 Å². The van der Waals surface area contributed by atoms with E-state index in [0.717, 1.165) is 35.5 Å². The zero-order valence-corrected chi connectivity index (χ0v) is 30.4. The van der Waals surface area contributed by atoms with Crippen LogP contribution in [0.15, 0.2) is 72.8 Å². The van der Waals surface area contributed by atoms with Gasteiger partial charge in [-0.1, -0.05) is 72.8 Å². The van der Waals surface area contributed by atoms with Gasteiger partial charge in [0.2, 0.25) is 0 Å². The van der Waals surface area contributed by atoms with Gasteiger partial charge in [0.1, 0.15) is 0 Å². The van der Waals surface area contributed by atoms with E-state index in [0.29, 0.717) is 10.8 Å². The highest BCUT2D eigenvalue weighted by Gasteiger charge is 2.60. The quantitative estimate of drug-likeness (QED) is 0.183. The summed E-state index contributed by atoms with van der Waals surface area (Å²) >= 11 is 0.